The topological polar surface area (TPSA) is 38.9 Å². The summed E-state index contributed by atoms with van der Waals surface area (Å²) in [5, 5.41) is 0.417. The van der Waals surface area contributed by atoms with E-state index < -0.39 is 6.04 Å². The lowest BCUT2D eigenvalue weighted by Crippen LogP contribution is -2.15. The molecule has 2 nitrogen and oxygen atoms in total. The van der Waals surface area contributed by atoms with Crippen LogP contribution < -0.4 is 5.73 Å². The largest absolute Gasteiger partial charge is 0.319 e. The fourth-order valence-corrected chi connectivity index (χ4v) is 3.02. The predicted octanol–water partition coefficient (Wildman–Crippen LogP) is 4.45. The van der Waals surface area contributed by atoms with Crippen molar-refractivity contribution in [2.24, 2.45) is 5.73 Å². The van der Waals surface area contributed by atoms with Crippen LogP contribution in [-0.4, -0.2) is 4.98 Å². The van der Waals surface area contributed by atoms with E-state index in [1.54, 1.807) is 6.20 Å². The maximum Gasteiger partial charge on any atom is 0.123 e. The average molecular weight is 394 g/mol. The Balaban J connectivity index is 2.47. The number of nitrogens with zero attached hydrogens (tertiary/aromatic N) is 1. The van der Waals surface area contributed by atoms with E-state index in [-0.39, 0.29) is 5.82 Å². The molecule has 0 aliphatic carbocycles. The molecule has 94 valence electrons. The number of nitrogens with two attached hydrogens (primary N) is 1. The number of pyridine rings is 1. The molecule has 0 aliphatic heterocycles. The average Bonchev–Trinajstić information content (AvgIpc) is 2.31. The standard InChI is InChI=1S/C12H8Br2ClFN2/c13-6-3-9(14)12(18-5-6)11(17)8-4-7(16)1-2-10(8)15/h1-5,11H,17H2. The van der Waals surface area contributed by atoms with Gasteiger partial charge in [-0.05, 0) is 61.7 Å². The van der Waals surface area contributed by atoms with Crippen LogP contribution in [0.25, 0.3) is 0 Å². The van der Waals surface area contributed by atoms with Gasteiger partial charge in [-0.2, -0.15) is 0 Å². The third-order valence-electron chi connectivity index (χ3n) is 2.42. The van der Waals surface area contributed by atoms with Crippen molar-refractivity contribution in [1.29, 1.82) is 0 Å². The Labute approximate surface area is 126 Å². The first kappa shape index (κ1) is 13.9. The second-order valence-corrected chi connectivity index (χ2v) is 5.84. The SMILES string of the molecule is NC(c1cc(F)ccc1Cl)c1ncc(Br)cc1Br. The summed E-state index contributed by atoms with van der Waals surface area (Å²) in [6, 6.07) is 5.34. The van der Waals surface area contributed by atoms with Crippen LogP contribution in [0.4, 0.5) is 4.39 Å². The highest BCUT2D eigenvalue weighted by atomic mass is 79.9. The Morgan fingerprint density at radius 1 is 1.28 bits per heavy atom. The Hall–Kier alpha value is -0.490. The van der Waals surface area contributed by atoms with E-state index in [0.717, 1.165) is 8.95 Å². The zero-order valence-corrected chi connectivity index (χ0v) is 12.9. The number of aromatic nitrogens is 1. The quantitative estimate of drug-likeness (QED) is 0.818. The first-order valence-electron chi connectivity index (χ1n) is 5.00. The van der Waals surface area contributed by atoms with Gasteiger partial charge in [0.1, 0.15) is 5.82 Å². The van der Waals surface area contributed by atoms with Gasteiger partial charge in [-0.25, -0.2) is 4.39 Å². The van der Waals surface area contributed by atoms with E-state index in [2.05, 4.69) is 36.8 Å². The number of benzene rings is 1. The smallest absolute Gasteiger partial charge is 0.123 e. The molecule has 2 N–H and O–H groups in total. The number of rotatable bonds is 2. The maximum absolute atomic E-state index is 13.2. The minimum atomic E-state index is -0.587. The Morgan fingerprint density at radius 2 is 2.00 bits per heavy atom. The van der Waals surface area contributed by atoms with Crippen LogP contribution in [-0.2, 0) is 0 Å². The fourth-order valence-electron chi connectivity index (χ4n) is 1.55. The molecule has 2 aromatic rings. The maximum atomic E-state index is 13.2. The third kappa shape index (κ3) is 2.91. The molecule has 2 rings (SSSR count). The van der Waals surface area contributed by atoms with Crippen molar-refractivity contribution in [2.45, 2.75) is 6.04 Å². The van der Waals surface area contributed by atoms with Crippen molar-refractivity contribution in [1.82, 2.24) is 4.98 Å². The summed E-state index contributed by atoms with van der Waals surface area (Å²) in [7, 11) is 0. The van der Waals surface area contributed by atoms with Gasteiger partial charge in [-0.1, -0.05) is 11.6 Å². The minimum absolute atomic E-state index is 0.377. The van der Waals surface area contributed by atoms with E-state index in [1.165, 1.54) is 18.2 Å². The van der Waals surface area contributed by atoms with E-state index >= 15 is 0 Å². The molecular formula is C12H8Br2ClFN2. The van der Waals surface area contributed by atoms with Gasteiger partial charge >= 0.3 is 0 Å². The van der Waals surface area contributed by atoms with Crippen LogP contribution >= 0.6 is 43.5 Å². The van der Waals surface area contributed by atoms with Crippen LogP contribution in [0.15, 0.2) is 39.4 Å². The highest BCUT2D eigenvalue weighted by Crippen LogP contribution is 2.31. The van der Waals surface area contributed by atoms with Gasteiger partial charge in [0.05, 0.1) is 11.7 Å². The van der Waals surface area contributed by atoms with Gasteiger partial charge in [0.25, 0.3) is 0 Å². The summed E-state index contributed by atoms with van der Waals surface area (Å²) in [4.78, 5) is 4.23. The molecule has 0 bridgehead atoms. The Kier molecular flexibility index (Phi) is 4.37. The highest BCUT2D eigenvalue weighted by Gasteiger charge is 2.17. The molecule has 18 heavy (non-hydrogen) atoms. The molecule has 0 saturated heterocycles. The predicted molar refractivity (Wildman–Crippen MR) is 77.1 cm³/mol. The Bertz CT molecular complexity index is 592. The number of hydrogen-bond acceptors (Lipinski definition) is 2. The van der Waals surface area contributed by atoms with Crippen molar-refractivity contribution in [3.8, 4) is 0 Å². The van der Waals surface area contributed by atoms with Crippen LogP contribution in [0.1, 0.15) is 17.3 Å². The molecule has 0 radical (unpaired) electrons. The fraction of sp³-hybridized carbons (Fsp3) is 0.0833. The van der Waals surface area contributed by atoms with Crippen LogP contribution in [0.5, 0.6) is 0 Å². The van der Waals surface area contributed by atoms with Gasteiger partial charge in [0, 0.05) is 20.2 Å². The van der Waals surface area contributed by atoms with Crippen molar-refractivity contribution in [3.63, 3.8) is 0 Å². The monoisotopic (exact) mass is 392 g/mol. The second kappa shape index (κ2) is 5.65. The molecule has 1 aromatic carbocycles. The highest BCUT2D eigenvalue weighted by molar-refractivity contribution is 9.11. The molecule has 0 fully saturated rings. The van der Waals surface area contributed by atoms with Crippen molar-refractivity contribution in [2.75, 3.05) is 0 Å². The Morgan fingerprint density at radius 3 is 2.67 bits per heavy atom. The molecule has 0 aliphatic rings. The van der Waals surface area contributed by atoms with Crippen molar-refractivity contribution < 1.29 is 4.39 Å². The van der Waals surface area contributed by atoms with Crippen LogP contribution in [0, 0.1) is 5.82 Å². The van der Waals surface area contributed by atoms with Crippen LogP contribution in [0.3, 0.4) is 0 Å². The molecule has 0 amide bonds. The zero-order valence-electron chi connectivity index (χ0n) is 9.00. The summed E-state index contributed by atoms with van der Waals surface area (Å²) in [6.07, 6.45) is 1.63. The zero-order chi connectivity index (χ0) is 13.3. The summed E-state index contributed by atoms with van der Waals surface area (Å²) in [5.74, 6) is -0.377. The van der Waals surface area contributed by atoms with Gasteiger partial charge in [-0.3, -0.25) is 4.98 Å². The third-order valence-corrected chi connectivity index (χ3v) is 3.84. The summed E-state index contributed by atoms with van der Waals surface area (Å²) in [6.45, 7) is 0. The van der Waals surface area contributed by atoms with Gasteiger partial charge in [0.15, 0.2) is 0 Å². The normalized spacial score (nSPS) is 12.5. The molecular weight excluding hydrogens is 386 g/mol. The molecule has 1 atom stereocenters. The van der Waals surface area contributed by atoms with Gasteiger partial charge in [0.2, 0.25) is 0 Å². The van der Waals surface area contributed by atoms with E-state index in [4.69, 9.17) is 17.3 Å². The molecule has 6 heteroatoms. The molecule has 1 aromatic heterocycles. The first-order valence-corrected chi connectivity index (χ1v) is 6.97. The van der Waals surface area contributed by atoms with Gasteiger partial charge < -0.3 is 5.73 Å². The lowest BCUT2D eigenvalue weighted by Gasteiger charge is -2.15. The first-order chi connectivity index (χ1) is 8.49. The van der Waals surface area contributed by atoms with E-state index in [9.17, 15) is 4.39 Å². The summed E-state index contributed by atoms with van der Waals surface area (Å²) < 4.78 is 14.8. The van der Waals surface area contributed by atoms with Crippen molar-refractivity contribution in [3.05, 3.63) is 61.5 Å². The number of hydrogen-bond donors (Lipinski definition) is 1. The minimum Gasteiger partial charge on any atom is -0.319 e. The molecule has 1 heterocycles. The van der Waals surface area contributed by atoms with Crippen LogP contribution in [0.2, 0.25) is 5.02 Å². The molecule has 0 spiro atoms. The van der Waals surface area contributed by atoms with Crippen molar-refractivity contribution >= 4 is 43.5 Å². The van der Waals surface area contributed by atoms with Gasteiger partial charge in [-0.15, -0.1) is 0 Å². The lowest BCUT2D eigenvalue weighted by atomic mass is 10.0. The van der Waals surface area contributed by atoms with E-state index in [0.29, 0.717) is 16.3 Å². The van der Waals surface area contributed by atoms with E-state index in [1.807, 2.05) is 6.07 Å². The molecule has 1 unspecified atom stereocenters. The number of halogens is 4. The lowest BCUT2D eigenvalue weighted by molar-refractivity contribution is 0.623. The molecule has 0 saturated carbocycles. The second-order valence-electron chi connectivity index (χ2n) is 3.66. The summed E-state index contributed by atoms with van der Waals surface area (Å²) >= 11 is 12.7. The summed E-state index contributed by atoms with van der Waals surface area (Å²) in [5.41, 5.74) is 7.19.